The van der Waals surface area contributed by atoms with E-state index in [2.05, 4.69) is 18.0 Å². The maximum atomic E-state index is 13.2. The van der Waals surface area contributed by atoms with E-state index in [0.717, 1.165) is 41.6 Å². The highest BCUT2D eigenvalue weighted by Crippen LogP contribution is 2.41. The van der Waals surface area contributed by atoms with E-state index in [4.69, 9.17) is 14.2 Å². The highest BCUT2D eigenvalue weighted by Gasteiger charge is 2.39. The monoisotopic (exact) mass is 410 g/mol. The summed E-state index contributed by atoms with van der Waals surface area (Å²) in [7, 11) is 1.72. The molecule has 1 fully saturated rings. The molecule has 1 amide bonds. The number of anilines is 2. The molecule has 2 atom stereocenters. The van der Waals surface area contributed by atoms with Gasteiger partial charge in [-0.2, -0.15) is 0 Å². The summed E-state index contributed by atoms with van der Waals surface area (Å²) in [5.74, 6) is 0.640. The van der Waals surface area contributed by atoms with Gasteiger partial charge in [0.2, 0.25) is 0 Å². The topological polar surface area (TPSA) is 60.9 Å². The summed E-state index contributed by atoms with van der Waals surface area (Å²) in [5.41, 5.74) is 3.04. The van der Waals surface area contributed by atoms with Crippen molar-refractivity contribution in [3.8, 4) is 0 Å². The van der Waals surface area contributed by atoms with Crippen LogP contribution in [0.5, 0.6) is 0 Å². The van der Waals surface area contributed by atoms with Crippen molar-refractivity contribution in [2.45, 2.75) is 64.3 Å². The average Bonchev–Trinajstić information content (AvgIpc) is 3.00. The van der Waals surface area contributed by atoms with E-state index < -0.39 is 17.3 Å². The molecule has 6 nitrogen and oxygen atoms in total. The Kier molecular flexibility index (Phi) is 5.32. The predicted octanol–water partition coefficient (Wildman–Crippen LogP) is 4.90. The number of aromatic nitrogens is 1. The number of nitrogens with zero attached hydrogens (tertiary/aromatic N) is 2. The molecule has 2 unspecified atom stereocenters. The Labute approximate surface area is 178 Å². The van der Waals surface area contributed by atoms with E-state index in [0.29, 0.717) is 12.4 Å². The molecule has 0 spiro atoms. The summed E-state index contributed by atoms with van der Waals surface area (Å²) in [6.45, 7) is 8.31. The fraction of sp³-hybridized carbons (Fsp3) is 0.500. The molecule has 1 saturated heterocycles. The van der Waals surface area contributed by atoms with Gasteiger partial charge in [-0.3, -0.25) is 0 Å². The molecule has 160 valence electrons. The van der Waals surface area contributed by atoms with E-state index in [1.165, 1.54) is 0 Å². The van der Waals surface area contributed by atoms with E-state index in [1.807, 2.05) is 45.0 Å². The molecule has 2 aliphatic rings. The zero-order valence-electron chi connectivity index (χ0n) is 18.4. The summed E-state index contributed by atoms with van der Waals surface area (Å²) in [4.78, 5) is 19.3. The second kappa shape index (κ2) is 7.67. The molecule has 1 aromatic carbocycles. The van der Waals surface area contributed by atoms with Crippen LogP contribution in [0.1, 0.15) is 50.8 Å². The molecule has 0 aliphatic carbocycles. The number of methoxy groups -OCH3 is 1. The maximum Gasteiger partial charge on any atom is 0.420 e. The van der Waals surface area contributed by atoms with Crippen LogP contribution in [0.4, 0.5) is 16.3 Å². The lowest BCUT2D eigenvalue weighted by molar-refractivity contribution is 0.00992. The Morgan fingerprint density at radius 2 is 2.00 bits per heavy atom. The van der Waals surface area contributed by atoms with Gasteiger partial charge in [0.05, 0.1) is 24.0 Å². The first kappa shape index (κ1) is 20.8. The lowest BCUT2D eigenvalue weighted by atomic mass is 9.89. The van der Waals surface area contributed by atoms with E-state index in [1.54, 1.807) is 18.2 Å². The number of fused-ring (bicyclic) bond motifs is 2. The summed E-state index contributed by atoms with van der Waals surface area (Å²) in [5, 5.41) is 0. The molecule has 30 heavy (non-hydrogen) atoms. The SMILES string of the molecule is COC1COC(C)(c2ccc3c(c2)CCc2cccnc2N3C(=O)OC(C)(C)C)C1. The largest absolute Gasteiger partial charge is 0.443 e. The summed E-state index contributed by atoms with van der Waals surface area (Å²) in [6, 6.07) is 10.1. The highest BCUT2D eigenvalue weighted by atomic mass is 16.6. The van der Waals surface area contributed by atoms with Crippen molar-refractivity contribution in [3.05, 3.63) is 53.2 Å². The van der Waals surface area contributed by atoms with Crippen molar-refractivity contribution in [2.24, 2.45) is 0 Å². The third-order valence-electron chi connectivity index (χ3n) is 5.79. The predicted molar refractivity (Wildman–Crippen MR) is 115 cm³/mol. The van der Waals surface area contributed by atoms with Crippen LogP contribution in [-0.2, 0) is 32.7 Å². The lowest BCUT2D eigenvalue weighted by Crippen LogP contribution is -2.35. The molecule has 1 aromatic heterocycles. The van der Waals surface area contributed by atoms with Crippen LogP contribution in [0, 0.1) is 0 Å². The number of ether oxygens (including phenoxy) is 3. The first-order valence-corrected chi connectivity index (χ1v) is 10.5. The first-order chi connectivity index (χ1) is 14.2. The molecule has 3 heterocycles. The summed E-state index contributed by atoms with van der Waals surface area (Å²) in [6.07, 6.45) is 3.82. The van der Waals surface area contributed by atoms with Crippen molar-refractivity contribution in [1.29, 1.82) is 0 Å². The van der Waals surface area contributed by atoms with E-state index in [9.17, 15) is 4.79 Å². The number of pyridine rings is 1. The van der Waals surface area contributed by atoms with Crippen LogP contribution < -0.4 is 4.90 Å². The van der Waals surface area contributed by atoms with Crippen molar-refractivity contribution in [1.82, 2.24) is 4.98 Å². The van der Waals surface area contributed by atoms with Crippen molar-refractivity contribution >= 4 is 17.6 Å². The molecular weight excluding hydrogens is 380 g/mol. The smallest absolute Gasteiger partial charge is 0.420 e. The van der Waals surface area contributed by atoms with Gasteiger partial charge in [0.25, 0.3) is 0 Å². The standard InChI is InChI=1S/C24H30N2O4/c1-23(2,3)30-22(27)26-20-11-10-18(24(4)14-19(28-5)15-29-24)13-17(20)9-8-16-7-6-12-25-21(16)26/h6-7,10-13,19H,8-9,14-15H2,1-5H3. The number of benzene rings is 1. The van der Waals surface area contributed by atoms with Gasteiger partial charge in [-0.25, -0.2) is 14.7 Å². The zero-order valence-corrected chi connectivity index (χ0v) is 18.4. The second-order valence-corrected chi connectivity index (χ2v) is 9.25. The molecule has 4 rings (SSSR count). The minimum atomic E-state index is -0.598. The van der Waals surface area contributed by atoms with Gasteiger partial charge in [-0.05, 0) is 69.4 Å². The van der Waals surface area contributed by atoms with Crippen LogP contribution in [0.15, 0.2) is 36.5 Å². The fourth-order valence-electron chi connectivity index (χ4n) is 4.22. The maximum absolute atomic E-state index is 13.2. The number of hydrogen-bond donors (Lipinski definition) is 0. The molecule has 0 N–H and O–H groups in total. The Balaban J connectivity index is 1.76. The Morgan fingerprint density at radius 3 is 2.70 bits per heavy atom. The number of carbonyl (C=O) groups excluding carboxylic acids is 1. The third-order valence-corrected chi connectivity index (χ3v) is 5.79. The van der Waals surface area contributed by atoms with Crippen molar-refractivity contribution in [2.75, 3.05) is 18.6 Å². The molecule has 6 heteroatoms. The van der Waals surface area contributed by atoms with Crippen LogP contribution in [-0.4, -0.2) is 36.5 Å². The van der Waals surface area contributed by atoms with Crippen LogP contribution in [0.3, 0.4) is 0 Å². The average molecular weight is 411 g/mol. The van der Waals surface area contributed by atoms with Crippen LogP contribution in [0.2, 0.25) is 0 Å². The second-order valence-electron chi connectivity index (χ2n) is 9.25. The van der Waals surface area contributed by atoms with Crippen molar-refractivity contribution < 1.29 is 19.0 Å². The van der Waals surface area contributed by atoms with Gasteiger partial charge < -0.3 is 14.2 Å². The summed E-state index contributed by atoms with van der Waals surface area (Å²) < 4.78 is 17.3. The van der Waals surface area contributed by atoms with E-state index >= 15 is 0 Å². The third kappa shape index (κ3) is 3.94. The Bertz CT molecular complexity index is 952. The molecule has 0 radical (unpaired) electrons. The van der Waals surface area contributed by atoms with Gasteiger partial charge in [0.15, 0.2) is 0 Å². The normalized spacial score (nSPS) is 23.5. The van der Waals surface area contributed by atoms with Gasteiger partial charge in [-0.1, -0.05) is 18.2 Å². The zero-order chi connectivity index (χ0) is 21.5. The van der Waals surface area contributed by atoms with Gasteiger partial charge >= 0.3 is 6.09 Å². The fourth-order valence-corrected chi connectivity index (χ4v) is 4.22. The molecule has 2 aliphatic heterocycles. The van der Waals surface area contributed by atoms with Crippen molar-refractivity contribution in [3.63, 3.8) is 0 Å². The number of rotatable bonds is 2. The van der Waals surface area contributed by atoms with Gasteiger partial charge in [0, 0.05) is 19.7 Å². The van der Waals surface area contributed by atoms with Crippen LogP contribution >= 0.6 is 0 Å². The summed E-state index contributed by atoms with van der Waals surface area (Å²) >= 11 is 0. The van der Waals surface area contributed by atoms with Crippen LogP contribution in [0.25, 0.3) is 0 Å². The molecule has 2 aromatic rings. The number of aryl methyl sites for hydroxylation is 2. The molecule has 0 bridgehead atoms. The first-order valence-electron chi connectivity index (χ1n) is 10.5. The van der Waals surface area contributed by atoms with Gasteiger partial charge in [0.1, 0.15) is 11.4 Å². The lowest BCUT2D eigenvalue weighted by Gasteiger charge is -2.29. The number of hydrogen-bond acceptors (Lipinski definition) is 5. The molecular formula is C24H30N2O4. The molecule has 0 saturated carbocycles. The minimum absolute atomic E-state index is 0.0977. The van der Waals surface area contributed by atoms with E-state index in [-0.39, 0.29) is 6.10 Å². The number of carbonyl (C=O) groups is 1. The Morgan fingerprint density at radius 1 is 1.23 bits per heavy atom. The highest BCUT2D eigenvalue weighted by molar-refractivity contribution is 5.97. The quantitative estimate of drug-likeness (QED) is 0.704. The minimum Gasteiger partial charge on any atom is -0.443 e. The van der Waals surface area contributed by atoms with Gasteiger partial charge in [-0.15, -0.1) is 0 Å². The Hall–Kier alpha value is -2.44. The number of amides is 1.